The molecule has 0 saturated carbocycles. The number of halogens is 1. The smallest absolute Gasteiger partial charge is 0.126 e. The molecule has 0 amide bonds. The van der Waals surface area contributed by atoms with Crippen molar-refractivity contribution in [2.75, 3.05) is 11.9 Å². The predicted octanol–water partition coefficient (Wildman–Crippen LogP) is 4.54. The summed E-state index contributed by atoms with van der Waals surface area (Å²) < 4.78 is 13.8. The lowest BCUT2D eigenvalue weighted by atomic mass is 10.0. The molecule has 0 aliphatic rings. The standard InChI is InChI=1S/C18H23FN2/c1-11-6-7-17(13(3)8-11)21(5)18-9-12(2)16(19)10-15(18)14(4)20/h6-10,14H,20H2,1-5H3. The Kier molecular flexibility index (Phi) is 4.33. The van der Waals surface area contributed by atoms with Crippen LogP contribution in [0.25, 0.3) is 0 Å². The molecule has 0 saturated heterocycles. The number of aryl methyl sites for hydroxylation is 3. The third-order valence-electron chi connectivity index (χ3n) is 3.87. The summed E-state index contributed by atoms with van der Waals surface area (Å²) >= 11 is 0. The molecule has 1 unspecified atom stereocenters. The Hall–Kier alpha value is -1.87. The van der Waals surface area contributed by atoms with Crippen LogP contribution >= 0.6 is 0 Å². The average Bonchev–Trinajstić information content (AvgIpc) is 2.40. The first kappa shape index (κ1) is 15.5. The molecule has 0 aliphatic carbocycles. The van der Waals surface area contributed by atoms with Crippen molar-refractivity contribution in [3.8, 4) is 0 Å². The minimum absolute atomic E-state index is 0.208. The second kappa shape index (κ2) is 5.86. The molecule has 0 spiro atoms. The van der Waals surface area contributed by atoms with Gasteiger partial charge in [-0.15, -0.1) is 0 Å². The van der Waals surface area contributed by atoms with Gasteiger partial charge in [0.25, 0.3) is 0 Å². The number of benzene rings is 2. The van der Waals surface area contributed by atoms with Crippen molar-refractivity contribution in [1.82, 2.24) is 0 Å². The largest absolute Gasteiger partial charge is 0.344 e. The first-order chi connectivity index (χ1) is 9.81. The number of hydrogen-bond acceptors (Lipinski definition) is 2. The molecular formula is C18H23FN2. The molecule has 0 fully saturated rings. The maximum absolute atomic E-state index is 13.8. The van der Waals surface area contributed by atoms with E-state index in [4.69, 9.17) is 5.73 Å². The average molecular weight is 286 g/mol. The normalized spacial score (nSPS) is 12.3. The second-order valence-electron chi connectivity index (χ2n) is 5.80. The maximum Gasteiger partial charge on any atom is 0.126 e. The molecular weight excluding hydrogens is 263 g/mol. The maximum atomic E-state index is 13.8. The van der Waals surface area contributed by atoms with Gasteiger partial charge in [-0.2, -0.15) is 0 Å². The Morgan fingerprint density at radius 2 is 1.67 bits per heavy atom. The topological polar surface area (TPSA) is 29.3 Å². The van der Waals surface area contributed by atoms with Crippen molar-refractivity contribution in [3.05, 3.63) is 58.4 Å². The minimum atomic E-state index is -0.219. The molecule has 0 radical (unpaired) electrons. The first-order valence-electron chi connectivity index (χ1n) is 7.18. The molecule has 2 nitrogen and oxygen atoms in total. The van der Waals surface area contributed by atoms with Crippen LogP contribution in [0.5, 0.6) is 0 Å². The van der Waals surface area contributed by atoms with E-state index < -0.39 is 0 Å². The van der Waals surface area contributed by atoms with Gasteiger partial charge in [0.05, 0.1) is 0 Å². The Labute approximate surface area is 126 Å². The fourth-order valence-electron chi connectivity index (χ4n) is 2.65. The minimum Gasteiger partial charge on any atom is -0.344 e. The molecule has 0 aromatic heterocycles. The predicted molar refractivity (Wildman–Crippen MR) is 87.7 cm³/mol. The van der Waals surface area contributed by atoms with Crippen LogP contribution in [0.4, 0.5) is 15.8 Å². The van der Waals surface area contributed by atoms with Gasteiger partial charge >= 0.3 is 0 Å². The van der Waals surface area contributed by atoms with Crippen LogP contribution < -0.4 is 10.6 Å². The van der Waals surface area contributed by atoms with E-state index in [-0.39, 0.29) is 11.9 Å². The molecule has 21 heavy (non-hydrogen) atoms. The van der Waals surface area contributed by atoms with E-state index in [1.54, 1.807) is 13.0 Å². The number of nitrogens with zero attached hydrogens (tertiary/aromatic N) is 1. The molecule has 0 bridgehead atoms. The SMILES string of the molecule is Cc1ccc(N(C)c2cc(C)c(F)cc2C(C)N)c(C)c1. The summed E-state index contributed by atoms with van der Waals surface area (Å²) in [4.78, 5) is 2.08. The summed E-state index contributed by atoms with van der Waals surface area (Å²) in [6.07, 6.45) is 0. The zero-order valence-electron chi connectivity index (χ0n) is 13.4. The fraction of sp³-hybridized carbons (Fsp3) is 0.333. The Morgan fingerprint density at radius 3 is 2.24 bits per heavy atom. The molecule has 112 valence electrons. The van der Waals surface area contributed by atoms with E-state index in [0.29, 0.717) is 5.56 Å². The van der Waals surface area contributed by atoms with Gasteiger partial charge in [-0.1, -0.05) is 17.7 Å². The number of anilines is 2. The molecule has 2 rings (SSSR count). The Morgan fingerprint density at radius 1 is 1.00 bits per heavy atom. The summed E-state index contributed by atoms with van der Waals surface area (Å²) in [6.45, 7) is 7.82. The van der Waals surface area contributed by atoms with Crippen molar-refractivity contribution >= 4 is 11.4 Å². The highest BCUT2D eigenvalue weighted by Gasteiger charge is 2.16. The van der Waals surface area contributed by atoms with E-state index in [0.717, 1.165) is 16.9 Å². The lowest BCUT2D eigenvalue weighted by molar-refractivity contribution is 0.613. The van der Waals surface area contributed by atoms with Gasteiger partial charge in [0.1, 0.15) is 5.82 Å². The van der Waals surface area contributed by atoms with Crippen LogP contribution in [0.1, 0.15) is 35.2 Å². The first-order valence-corrected chi connectivity index (χ1v) is 7.18. The van der Waals surface area contributed by atoms with Gasteiger partial charge in [-0.25, -0.2) is 4.39 Å². The van der Waals surface area contributed by atoms with Crippen LogP contribution in [0.3, 0.4) is 0 Å². The quantitative estimate of drug-likeness (QED) is 0.897. The monoisotopic (exact) mass is 286 g/mol. The van der Waals surface area contributed by atoms with Gasteiger partial charge in [0, 0.05) is 24.5 Å². The molecule has 0 aliphatic heterocycles. The van der Waals surface area contributed by atoms with Crippen LogP contribution in [-0.4, -0.2) is 7.05 Å². The summed E-state index contributed by atoms with van der Waals surface area (Å²) in [5.74, 6) is -0.208. The molecule has 2 aromatic rings. The molecule has 1 atom stereocenters. The van der Waals surface area contributed by atoms with E-state index in [1.165, 1.54) is 11.1 Å². The zero-order valence-corrected chi connectivity index (χ0v) is 13.4. The third kappa shape index (κ3) is 3.08. The Balaban J connectivity index is 2.57. The van der Waals surface area contributed by atoms with Gasteiger partial charge in [0.15, 0.2) is 0 Å². The molecule has 3 heteroatoms. The van der Waals surface area contributed by atoms with Crippen molar-refractivity contribution < 1.29 is 4.39 Å². The van der Waals surface area contributed by atoms with E-state index in [9.17, 15) is 4.39 Å². The summed E-state index contributed by atoms with van der Waals surface area (Å²) in [5.41, 5.74) is 11.9. The van der Waals surface area contributed by atoms with Crippen LogP contribution in [-0.2, 0) is 0 Å². The van der Waals surface area contributed by atoms with Crippen molar-refractivity contribution in [2.24, 2.45) is 5.73 Å². The molecule has 2 N–H and O–H groups in total. The second-order valence-corrected chi connectivity index (χ2v) is 5.80. The van der Waals surface area contributed by atoms with Crippen molar-refractivity contribution in [1.29, 1.82) is 0 Å². The van der Waals surface area contributed by atoms with E-state index >= 15 is 0 Å². The van der Waals surface area contributed by atoms with Crippen LogP contribution in [0.15, 0.2) is 30.3 Å². The Bertz CT molecular complexity index is 663. The van der Waals surface area contributed by atoms with Gasteiger partial charge < -0.3 is 10.6 Å². The van der Waals surface area contributed by atoms with Gasteiger partial charge in [-0.05, 0) is 62.6 Å². The van der Waals surface area contributed by atoms with Gasteiger partial charge in [0.2, 0.25) is 0 Å². The lowest BCUT2D eigenvalue weighted by Crippen LogP contribution is -2.17. The number of hydrogen-bond donors (Lipinski definition) is 1. The highest BCUT2D eigenvalue weighted by Crippen LogP contribution is 2.34. The summed E-state index contributed by atoms with van der Waals surface area (Å²) in [6, 6.07) is 9.52. The zero-order chi connectivity index (χ0) is 15.7. The molecule has 2 aromatic carbocycles. The summed E-state index contributed by atoms with van der Waals surface area (Å²) in [5, 5.41) is 0. The fourth-order valence-corrected chi connectivity index (χ4v) is 2.65. The van der Waals surface area contributed by atoms with E-state index in [2.05, 4.69) is 36.9 Å². The molecule has 0 heterocycles. The number of rotatable bonds is 3. The summed E-state index contributed by atoms with van der Waals surface area (Å²) in [7, 11) is 2.00. The van der Waals surface area contributed by atoms with Crippen LogP contribution in [0, 0.1) is 26.6 Å². The van der Waals surface area contributed by atoms with Crippen molar-refractivity contribution in [2.45, 2.75) is 33.7 Å². The lowest BCUT2D eigenvalue weighted by Gasteiger charge is -2.26. The highest BCUT2D eigenvalue weighted by atomic mass is 19.1. The van der Waals surface area contributed by atoms with Crippen LogP contribution in [0.2, 0.25) is 0 Å². The highest BCUT2D eigenvalue weighted by molar-refractivity contribution is 5.69. The van der Waals surface area contributed by atoms with Gasteiger partial charge in [-0.3, -0.25) is 0 Å². The van der Waals surface area contributed by atoms with E-state index in [1.807, 2.05) is 20.0 Å². The third-order valence-corrected chi connectivity index (χ3v) is 3.87. The number of nitrogens with two attached hydrogens (primary N) is 1. The van der Waals surface area contributed by atoms with Crippen molar-refractivity contribution in [3.63, 3.8) is 0 Å².